The molecule has 3 heterocycles. The molecule has 0 spiro atoms. The molecule has 140 valence electrons. The van der Waals surface area contributed by atoms with Gasteiger partial charge < -0.3 is 15.5 Å². The van der Waals surface area contributed by atoms with E-state index in [1.165, 1.54) is 0 Å². The number of nitrogens with zero attached hydrogens (tertiary/aromatic N) is 5. The van der Waals surface area contributed by atoms with E-state index in [-0.39, 0.29) is 11.9 Å². The van der Waals surface area contributed by atoms with Crippen molar-refractivity contribution in [3.05, 3.63) is 34.2 Å². The first kappa shape index (κ1) is 18.6. The third-order valence-corrected chi connectivity index (χ3v) is 5.09. The van der Waals surface area contributed by atoms with Crippen molar-refractivity contribution in [2.45, 2.75) is 32.4 Å². The molecule has 0 radical (unpaired) electrons. The number of aryl methyl sites for hydroxylation is 2. The van der Waals surface area contributed by atoms with E-state index < -0.39 is 0 Å². The minimum absolute atomic E-state index is 0.176. The number of anilines is 1. The first-order chi connectivity index (χ1) is 12.5. The number of amides is 1. The van der Waals surface area contributed by atoms with E-state index in [9.17, 15) is 4.79 Å². The van der Waals surface area contributed by atoms with E-state index in [0.29, 0.717) is 23.2 Å². The van der Waals surface area contributed by atoms with Gasteiger partial charge in [0.25, 0.3) is 5.91 Å². The number of hydrogen-bond donors (Lipinski definition) is 2. The lowest BCUT2D eigenvalue weighted by atomic mass is 10.1. The molecule has 8 nitrogen and oxygen atoms in total. The Hall–Kier alpha value is -2.19. The number of nitrogens with one attached hydrogen (secondary N) is 2. The molecule has 0 aliphatic carbocycles. The van der Waals surface area contributed by atoms with Crippen LogP contribution in [-0.4, -0.2) is 52.1 Å². The van der Waals surface area contributed by atoms with Crippen LogP contribution in [0.25, 0.3) is 0 Å². The van der Waals surface area contributed by atoms with Gasteiger partial charge in [0.15, 0.2) is 11.5 Å². The van der Waals surface area contributed by atoms with Gasteiger partial charge in [-0.05, 0) is 45.0 Å². The molecule has 0 unspecified atom stereocenters. The van der Waals surface area contributed by atoms with Gasteiger partial charge in [0.2, 0.25) is 0 Å². The highest BCUT2D eigenvalue weighted by molar-refractivity contribution is 6.30. The quantitative estimate of drug-likeness (QED) is 0.816. The molecule has 0 aromatic carbocycles. The van der Waals surface area contributed by atoms with Crippen molar-refractivity contribution < 1.29 is 4.79 Å². The summed E-state index contributed by atoms with van der Waals surface area (Å²) < 4.78 is 1.65. The van der Waals surface area contributed by atoms with Crippen molar-refractivity contribution in [1.29, 1.82) is 0 Å². The molecule has 2 aromatic heterocycles. The lowest BCUT2D eigenvalue weighted by Crippen LogP contribution is -2.43. The third-order valence-electron chi connectivity index (χ3n) is 4.61. The SMILES string of the molecule is Cc1nn(C)c(Cl)c1CN(C)c1ccc(C(=O)NC2CCNCC2)nn1. The highest BCUT2D eigenvalue weighted by Crippen LogP contribution is 2.22. The number of aromatic nitrogens is 4. The Balaban J connectivity index is 1.63. The summed E-state index contributed by atoms with van der Waals surface area (Å²) in [5, 5.41) is 19.5. The number of piperidine rings is 1. The molecule has 2 N–H and O–H groups in total. The first-order valence-corrected chi connectivity index (χ1v) is 9.08. The lowest BCUT2D eigenvalue weighted by molar-refractivity contribution is 0.0923. The van der Waals surface area contributed by atoms with Gasteiger partial charge in [-0.15, -0.1) is 10.2 Å². The monoisotopic (exact) mass is 377 g/mol. The Morgan fingerprint density at radius 1 is 1.38 bits per heavy atom. The van der Waals surface area contributed by atoms with Gasteiger partial charge in [-0.1, -0.05) is 11.6 Å². The van der Waals surface area contributed by atoms with E-state index in [0.717, 1.165) is 37.2 Å². The van der Waals surface area contributed by atoms with Crippen LogP contribution >= 0.6 is 11.6 Å². The fourth-order valence-corrected chi connectivity index (χ4v) is 3.28. The van der Waals surface area contributed by atoms with Gasteiger partial charge in [0, 0.05) is 32.2 Å². The van der Waals surface area contributed by atoms with Crippen molar-refractivity contribution in [3.63, 3.8) is 0 Å². The van der Waals surface area contributed by atoms with Crippen LogP contribution in [0.3, 0.4) is 0 Å². The molecule has 9 heteroatoms. The second-order valence-electron chi connectivity index (χ2n) is 6.61. The summed E-state index contributed by atoms with van der Waals surface area (Å²) in [4.78, 5) is 14.2. The van der Waals surface area contributed by atoms with Crippen molar-refractivity contribution in [2.24, 2.45) is 7.05 Å². The summed E-state index contributed by atoms with van der Waals surface area (Å²) >= 11 is 6.29. The lowest BCUT2D eigenvalue weighted by Gasteiger charge is -2.23. The number of rotatable bonds is 5. The maximum absolute atomic E-state index is 12.3. The van der Waals surface area contributed by atoms with Crippen molar-refractivity contribution >= 4 is 23.3 Å². The zero-order valence-corrected chi connectivity index (χ0v) is 16.0. The molecule has 0 atom stereocenters. The standard InChI is InChI=1S/C17H24ClN7O/c1-11-13(16(18)25(3)23-11)10-24(2)15-5-4-14(21-22-15)17(26)20-12-6-8-19-9-7-12/h4-5,12,19H,6-10H2,1-3H3,(H,20,26). The number of hydrogen-bond acceptors (Lipinski definition) is 6. The largest absolute Gasteiger partial charge is 0.354 e. The van der Waals surface area contributed by atoms with Gasteiger partial charge in [-0.2, -0.15) is 5.10 Å². The molecule has 3 rings (SSSR count). The molecular weight excluding hydrogens is 354 g/mol. The van der Waals surface area contributed by atoms with Gasteiger partial charge >= 0.3 is 0 Å². The van der Waals surface area contributed by atoms with Crippen molar-refractivity contribution in [3.8, 4) is 0 Å². The summed E-state index contributed by atoms with van der Waals surface area (Å²) in [5.74, 6) is 0.493. The number of carbonyl (C=O) groups excluding carboxylic acids is 1. The number of carbonyl (C=O) groups is 1. The second-order valence-corrected chi connectivity index (χ2v) is 6.97. The minimum atomic E-state index is -0.176. The molecule has 26 heavy (non-hydrogen) atoms. The van der Waals surface area contributed by atoms with Gasteiger partial charge in [0.05, 0.1) is 5.69 Å². The summed E-state index contributed by atoms with van der Waals surface area (Å²) in [6.45, 7) is 4.34. The summed E-state index contributed by atoms with van der Waals surface area (Å²) in [6.07, 6.45) is 1.87. The van der Waals surface area contributed by atoms with Crippen molar-refractivity contribution in [1.82, 2.24) is 30.6 Å². The fraction of sp³-hybridized carbons (Fsp3) is 0.529. The minimum Gasteiger partial charge on any atom is -0.354 e. The number of halogens is 1. The topological polar surface area (TPSA) is 88.0 Å². The summed E-state index contributed by atoms with van der Waals surface area (Å²) in [5.41, 5.74) is 2.16. The van der Waals surface area contributed by atoms with E-state index in [2.05, 4.69) is 25.9 Å². The van der Waals surface area contributed by atoms with Gasteiger partial charge in [-0.25, -0.2) is 0 Å². The maximum atomic E-state index is 12.3. The van der Waals surface area contributed by atoms with Gasteiger partial charge in [-0.3, -0.25) is 9.48 Å². The van der Waals surface area contributed by atoms with Crippen molar-refractivity contribution in [2.75, 3.05) is 25.0 Å². The molecular formula is C17H24ClN7O. The predicted octanol–water partition coefficient (Wildman–Crippen LogP) is 1.29. The summed E-state index contributed by atoms with van der Waals surface area (Å²) in [6, 6.07) is 3.69. The Morgan fingerprint density at radius 2 is 2.12 bits per heavy atom. The molecule has 1 amide bonds. The summed E-state index contributed by atoms with van der Waals surface area (Å²) in [7, 11) is 3.72. The Morgan fingerprint density at radius 3 is 2.69 bits per heavy atom. The van der Waals surface area contributed by atoms with Crippen LogP contribution in [-0.2, 0) is 13.6 Å². The van der Waals surface area contributed by atoms with Crippen LogP contribution < -0.4 is 15.5 Å². The molecule has 2 aromatic rings. The maximum Gasteiger partial charge on any atom is 0.272 e. The Kier molecular flexibility index (Phi) is 5.73. The van der Waals surface area contributed by atoms with Crippen LogP contribution in [0.1, 0.15) is 34.6 Å². The van der Waals surface area contributed by atoms with E-state index in [1.807, 2.05) is 25.9 Å². The van der Waals surface area contributed by atoms with Crippen LogP contribution in [0.15, 0.2) is 12.1 Å². The zero-order chi connectivity index (χ0) is 18.7. The molecule has 0 saturated carbocycles. The van der Waals surface area contributed by atoms with Gasteiger partial charge in [0.1, 0.15) is 5.15 Å². The molecule has 1 saturated heterocycles. The highest BCUT2D eigenvalue weighted by Gasteiger charge is 2.18. The normalized spacial score (nSPS) is 15.1. The van der Waals surface area contributed by atoms with Crippen LogP contribution in [0.5, 0.6) is 0 Å². The molecule has 1 aliphatic rings. The molecule has 1 fully saturated rings. The second kappa shape index (κ2) is 8.01. The predicted molar refractivity (Wildman–Crippen MR) is 100 cm³/mol. The van der Waals surface area contributed by atoms with Crippen LogP contribution in [0.4, 0.5) is 5.82 Å². The zero-order valence-electron chi connectivity index (χ0n) is 15.3. The molecule has 0 bridgehead atoms. The smallest absolute Gasteiger partial charge is 0.272 e. The average molecular weight is 378 g/mol. The van der Waals surface area contributed by atoms with E-state index in [1.54, 1.807) is 16.8 Å². The Labute approximate surface area is 157 Å². The Bertz CT molecular complexity index is 768. The van der Waals surface area contributed by atoms with Crippen LogP contribution in [0, 0.1) is 6.92 Å². The van der Waals surface area contributed by atoms with Crippen LogP contribution in [0.2, 0.25) is 5.15 Å². The average Bonchev–Trinajstić information content (AvgIpc) is 2.88. The first-order valence-electron chi connectivity index (χ1n) is 8.70. The van der Waals surface area contributed by atoms with E-state index >= 15 is 0 Å². The molecule has 1 aliphatic heterocycles. The third kappa shape index (κ3) is 4.13. The van der Waals surface area contributed by atoms with E-state index in [4.69, 9.17) is 11.6 Å². The highest BCUT2D eigenvalue weighted by atomic mass is 35.5. The fourth-order valence-electron chi connectivity index (χ4n) is 3.05.